The Kier molecular flexibility index (Phi) is 5.64. The van der Waals surface area contributed by atoms with Crippen LogP contribution in [0.4, 0.5) is 0 Å². The number of rotatable bonds is 4. The molecule has 0 aromatic heterocycles. The minimum absolute atomic E-state index is 0.0443. The van der Waals surface area contributed by atoms with Crippen LogP contribution in [0.25, 0.3) is 0 Å². The molecule has 0 aliphatic carbocycles. The average Bonchev–Trinajstić information content (AvgIpc) is 2.64. The molecule has 2 aliphatic heterocycles. The van der Waals surface area contributed by atoms with Crippen LogP contribution in [0.3, 0.4) is 0 Å². The van der Waals surface area contributed by atoms with Gasteiger partial charge >= 0.3 is 0 Å². The predicted molar refractivity (Wildman–Crippen MR) is 86.3 cm³/mol. The number of piperazine rings is 1. The molecule has 2 fully saturated rings. The third kappa shape index (κ3) is 4.89. The van der Waals surface area contributed by atoms with Crippen LogP contribution in [-0.2, 0) is 19.6 Å². The third-order valence-electron chi connectivity index (χ3n) is 4.79. The molecule has 0 bridgehead atoms. The predicted octanol–water partition coefficient (Wildman–Crippen LogP) is -1.26. The van der Waals surface area contributed by atoms with Gasteiger partial charge in [-0.1, -0.05) is 0 Å². The summed E-state index contributed by atoms with van der Waals surface area (Å²) in [6.07, 6.45) is 3.27. The zero-order valence-corrected chi connectivity index (χ0v) is 14.6. The second-order valence-electron chi connectivity index (χ2n) is 6.48. The van der Waals surface area contributed by atoms with Crippen LogP contribution in [0.2, 0.25) is 0 Å². The first-order chi connectivity index (χ1) is 10.7. The smallest absolute Gasteiger partial charge is 0.223 e. The summed E-state index contributed by atoms with van der Waals surface area (Å²) >= 11 is 0. The molecule has 8 nitrogen and oxygen atoms in total. The number of sulfonamides is 1. The van der Waals surface area contributed by atoms with E-state index >= 15 is 0 Å². The van der Waals surface area contributed by atoms with Crippen LogP contribution >= 0.6 is 0 Å². The van der Waals surface area contributed by atoms with Gasteiger partial charge in [0.1, 0.15) is 0 Å². The van der Waals surface area contributed by atoms with Gasteiger partial charge in [0.25, 0.3) is 0 Å². The number of amides is 2. The molecule has 2 rings (SSSR count). The lowest BCUT2D eigenvalue weighted by molar-refractivity contribution is -0.136. The molecule has 2 N–H and O–H groups in total. The standard InChI is InChI=1S/C14H26N4O4S/c1-17-9-10-18(13(20)4-7-16-23(2,21)22)11-14(17)5-3-12(19)15-8-6-14/h16H,3-11H2,1-2H3,(H,15,19)/t14-/m0/s1. The molecule has 1 spiro atoms. The van der Waals surface area contributed by atoms with Gasteiger partial charge in [-0.05, 0) is 19.9 Å². The highest BCUT2D eigenvalue weighted by molar-refractivity contribution is 7.88. The Bertz CT molecular complexity index is 565. The van der Waals surface area contributed by atoms with Gasteiger partial charge in [-0.3, -0.25) is 14.5 Å². The molecule has 0 saturated carbocycles. The fourth-order valence-electron chi connectivity index (χ4n) is 3.31. The zero-order chi connectivity index (χ0) is 17.1. The van der Waals surface area contributed by atoms with E-state index in [4.69, 9.17) is 0 Å². The molecule has 2 heterocycles. The average molecular weight is 346 g/mol. The van der Waals surface area contributed by atoms with Crippen molar-refractivity contribution in [3.05, 3.63) is 0 Å². The van der Waals surface area contributed by atoms with Gasteiger partial charge in [-0.15, -0.1) is 0 Å². The van der Waals surface area contributed by atoms with Gasteiger partial charge in [0.15, 0.2) is 0 Å². The quantitative estimate of drug-likeness (QED) is 0.662. The summed E-state index contributed by atoms with van der Waals surface area (Å²) in [4.78, 5) is 28.0. The van der Waals surface area contributed by atoms with E-state index in [0.29, 0.717) is 26.1 Å². The molecule has 23 heavy (non-hydrogen) atoms. The summed E-state index contributed by atoms with van der Waals surface area (Å²) in [5.74, 6) is 0.0215. The zero-order valence-electron chi connectivity index (χ0n) is 13.8. The maximum Gasteiger partial charge on any atom is 0.223 e. The van der Waals surface area contributed by atoms with Crippen LogP contribution in [0.5, 0.6) is 0 Å². The molecular weight excluding hydrogens is 320 g/mol. The first-order valence-corrected chi connectivity index (χ1v) is 9.81. The summed E-state index contributed by atoms with van der Waals surface area (Å²) < 4.78 is 24.5. The van der Waals surface area contributed by atoms with Crippen molar-refractivity contribution in [2.24, 2.45) is 0 Å². The maximum absolute atomic E-state index is 12.4. The molecule has 1 atom stereocenters. The van der Waals surface area contributed by atoms with E-state index in [1.54, 1.807) is 4.90 Å². The second kappa shape index (κ2) is 7.14. The lowest BCUT2D eigenvalue weighted by Gasteiger charge is -2.49. The van der Waals surface area contributed by atoms with Gasteiger partial charge in [0.2, 0.25) is 21.8 Å². The van der Waals surface area contributed by atoms with Crippen molar-refractivity contribution in [3.8, 4) is 0 Å². The van der Waals surface area contributed by atoms with Crippen LogP contribution in [0.15, 0.2) is 0 Å². The van der Waals surface area contributed by atoms with E-state index in [-0.39, 0.29) is 30.3 Å². The van der Waals surface area contributed by atoms with Crippen LogP contribution < -0.4 is 10.0 Å². The van der Waals surface area contributed by atoms with E-state index in [1.807, 2.05) is 7.05 Å². The van der Waals surface area contributed by atoms with Crippen LogP contribution in [0.1, 0.15) is 25.7 Å². The lowest BCUT2D eigenvalue weighted by Crippen LogP contribution is -2.62. The highest BCUT2D eigenvalue weighted by atomic mass is 32.2. The molecular formula is C14H26N4O4S. The van der Waals surface area contributed by atoms with E-state index in [9.17, 15) is 18.0 Å². The van der Waals surface area contributed by atoms with Gasteiger partial charge in [-0.2, -0.15) is 0 Å². The van der Waals surface area contributed by atoms with Gasteiger partial charge in [0, 0.05) is 51.1 Å². The summed E-state index contributed by atoms with van der Waals surface area (Å²) in [5, 5.41) is 2.89. The van der Waals surface area contributed by atoms with Crippen molar-refractivity contribution in [3.63, 3.8) is 0 Å². The second-order valence-corrected chi connectivity index (χ2v) is 8.31. The molecule has 2 saturated heterocycles. The van der Waals surface area contributed by atoms with Crippen molar-refractivity contribution in [1.82, 2.24) is 19.8 Å². The highest BCUT2D eigenvalue weighted by Gasteiger charge is 2.41. The number of likely N-dealkylation sites (N-methyl/N-ethyl adjacent to an activating group) is 1. The number of nitrogens with one attached hydrogen (secondary N) is 2. The van der Waals surface area contributed by atoms with Gasteiger partial charge in [-0.25, -0.2) is 13.1 Å². The van der Waals surface area contributed by atoms with Gasteiger partial charge in [0.05, 0.1) is 6.26 Å². The fourth-order valence-corrected chi connectivity index (χ4v) is 3.78. The maximum atomic E-state index is 12.4. The number of hydrogen-bond donors (Lipinski definition) is 2. The fraction of sp³-hybridized carbons (Fsp3) is 0.857. The van der Waals surface area contributed by atoms with Crippen molar-refractivity contribution >= 4 is 21.8 Å². The summed E-state index contributed by atoms with van der Waals surface area (Å²) in [6, 6.07) is 0. The largest absolute Gasteiger partial charge is 0.356 e. The number of carbonyl (C=O) groups is 2. The van der Waals surface area contributed by atoms with Crippen molar-refractivity contribution in [1.29, 1.82) is 0 Å². The molecule has 0 unspecified atom stereocenters. The Morgan fingerprint density at radius 1 is 1.35 bits per heavy atom. The first-order valence-electron chi connectivity index (χ1n) is 7.92. The first kappa shape index (κ1) is 18.2. The minimum Gasteiger partial charge on any atom is -0.356 e. The molecule has 132 valence electrons. The highest BCUT2D eigenvalue weighted by Crippen LogP contribution is 2.30. The minimum atomic E-state index is -3.27. The van der Waals surface area contributed by atoms with Crippen molar-refractivity contribution in [2.75, 3.05) is 46.0 Å². The number of hydrogen-bond acceptors (Lipinski definition) is 5. The Morgan fingerprint density at radius 3 is 2.78 bits per heavy atom. The lowest BCUT2D eigenvalue weighted by atomic mass is 9.86. The van der Waals surface area contributed by atoms with E-state index in [0.717, 1.165) is 25.6 Å². The van der Waals surface area contributed by atoms with E-state index < -0.39 is 10.0 Å². The van der Waals surface area contributed by atoms with Crippen LogP contribution in [0, 0.1) is 0 Å². The Morgan fingerprint density at radius 2 is 2.09 bits per heavy atom. The van der Waals surface area contributed by atoms with Crippen LogP contribution in [-0.4, -0.2) is 81.6 Å². The van der Waals surface area contributed by atoms with Crippen molar-refractivity contribution in [2.45, 2.75) is 31.2 Å². The third-order valence-corrected chi connectivity index (χ3v) is 5.51. The monoisotopic (exact) mass is 346 g/mol. The number of nitrogens with zero attached hydrogens (tertiary/aromatic N) is 2. The van der Waals surface area contributed by atoms with E-state index in [2.05, 4.69) is 14.9 Å². The molecule has 9 heteroatoms. The molecule has 0 aromatic carbocycles. The Labute approximate surface area is 137 Å². The SMILES string of the molecule is CN1CCN(C(=O)CCNS(C)(=O)=O)C[C@]12CCNC(=O)CC2. The summed E-state index contributed by atoms with van der Waals surface area (Å²) in [6.45, 7) is 2.74. The molecule has 0 radical (unpaired) electrons. The normalized spacial score (nSPS) is 26.9. The van der Waals surface area contributed by atoms with Gasteiger partial charge < -0.3 is 10.2 Å². The molecule has 0 aromatic rings. The Hall–Kier alpha value is -1.19. The van der Waals surface area contributed by atoms with Crippen molar-refractivity contribution < 1.29 is 18.0 Å². The topological polar surface area (TPSA) is 98.8 Å². The summed E-state index contributed by atoms with van der Waals surface area (Å²) in [7, 11) is -1.23. The Balaban J connectivity index is 1.96. The summed E-state index contributed by atoms with van der Waals surface area (Å²) in [5.41, 5.74) is -0.169. The molecule has 2 aliphatic rings. The van der Waals surface area contributed by atoms with E-state index in [1.165, 1.54) is 0 Å². The number of carbonyl (C=O) groups excluding carboxylic acids is 2. The molecule has 2 amide bonds.